The van der Waals surface area contributed by atoms with Gasteiger partial charge in [-0.15, -0.1) is 0 Å². The highest BCUT2D eigenvalue weighted by Gasteiger charge is 2.00. The Morgan fingerprint density at radius 2 is 2.00 bits per heavy atom. The minimum absolute atomic E-state index is 0.818. The third-order valence-electron chi connectivity index (χ3n) is 1.58. The first-order chi connectivity index (χ1) is 4.66. The molecule has 60 valence electrons. The highest BCUT2D eigenvalue weighted by Crippen LogP contribution is 2.15. The molecule has 0 heterocycles. The fourth-order valence-electron chi connectivity index (χ4n) is 1.23. The van der Waals surface area contributed by atoms with E-state index in [1.165, 1.54) is 12.8 Å². The Kier molecular flexibility index (Phi) is 5.19. The van der Waals surface area contributed by atoms with Crippen molar-refractivity contribution >= 4 is 0 Å². The Morgan fingerprint density at radius 3 is 2.40 bits per heavy atom. The minimum Gasteiger partial charge on any atom is -0.245 e. The van der Waals surface area contributed by atoms with E-state index in [1.54, 1.807) is 0 Å². The zero-order valence-electron chi connectivity index (χ0n) is 7.43. The molecule has 0 aromatic heterocycles. The molecule has 0 rings (SSSR count). The van der Waals surface area contributed by atoms with Crippen molar-refractivity contribution in [1.29, 1.82) is 0 Å². The second-order valence-corrected chi connectivity index (χ2v) is 3.44. The molecule has 0 nitrogen and oxygen atoms in total. The summed E-state index contributed by atoms with van der Waals surface area (Å²) >= 11 is 0. The highest BCUT2D eigenvalue weighted by atomic mass is 14.1. The first-order valence-corrected chi connectivity index (χ1v) is 4.11. The molecule has 0 aliphatic rings. The fraction of sp³-hybridized carbons (Fsp3) is 0.700. The predicted molar refractivity (Wildman–Crippen MR) is 47.7 cm³/mol. The van der Waals surface area contributed by atoms with Crippen LogP contribution in [0, 0.1) is 18.3 Å². The lowest BCUT2D eigenvalue weighted by molar-refractivity contribution is 0.437. The molecule has 0 saturated heterocycles. The van der Waals surface area contributed by atoms with E-state index in [9.17, 15) is 0 Å². The molecule has 10 heavy (non-hydrogen) atoms. The third-order valence-corrected chi connectivity index (χ3v) is 1.58. The van der Waals surface area contributed by atoms with Crippen molar-refractivity contribution in [3.63, 3.8) is 0 Å². The molecule has 0 amide bonds. The maximum absolute atomic E-state index is 3.66. The van der Waals surface area contributed by atoms with Crippen LogP contribution in [0.25, 0.3) is 0 Å². The molecule has 0 N–H and O–H groups in total. The van der Waals surface area contributed by atoms with Gasteiger partial charge in [0, 0.05) is 0 Å². The quantitative estimate of drug-likeness (QED) is 0.512. The summed E-state index contributed by atoms with van der Waals surface area (Å²) in [7, 11) is 0. The largest absolute Gasteiger partial charge is 0.245 e. The molecule has 0 heteroatoms. The summed E-state index contributed by atoms with van der Waals surface area (Å²) in [5, 5.41) is 0. The van der Waals surface area contributed by atoms with Gasteiger partial charge < -0.3 is 0 Å². The lowest BCUT2D eigenvalue weighted by Crippen LogP contribution is -1.99. The van der Waals surface area contributed by atoms with Crippen LogP contribution in [0.2, 0.25) is 0 Å². The zero-order valence-corrected chi connectivity index (χ0v) is 7.43. The SMILES string of the molecule is C=C[CH-]CC(C)CC(C)C. The van der Waals surface area contributed by atoms with Crippen molar-refractivity contribution in [2.75, 3.05) is 0 Å². The number of allylic oxidation sites excluding steroid dienone is 1. The van der Waals surface area contributed by atoms with Crippen molar-refractivity contribution in [3.8, 4) is 0 Å². The van der Waals surface area contributed by atoms with Crippen LogP contribution in [0.4, 0.5) is 0 Å². The zero-order chi connectivity index (χ0) is 7.98. The van der Waals surface area contributed by atoms with Crippen molar-refractivity contribution in [2.45, 2.75) is 33.6 Å². The lowest BCUT2D eigenvalue weighted by atomic mass is 9.95. The number of hydrogen-bond acceptors (Lipinski definition) is 0. The molecule has 1 atom stereocenters. The van der Waals surface area contributed by atoms with Gasteiger partial charge in [0.05, 0.1) is 0 Å². The molecule has 0 aliphatic heterocycles. The average Bonchev–Trinajstić information content (AvgIpc) is 1.82. The summed E-state index contributed by atoms with van der Waals surface area (Å²) in [5.74, 6) is 1.64. The van der Waals surface area contributed by atoms with E-state index in [0.717, 1.165) is 11.8 Å². The van der Waals surface area contributed by atoms with Crippen molar-refractivity contribution < 1.29 is 0 Å². The maximum atomic E-state index is 3.66. The van der Waals surface area contributed by atoms with E-state index in [0.29, 0.717) is 0 Å². The molecule has 0 fully saturated rings. The van der Waals surface area contributed by atoms with E-state index in [1.807, 2.05) is 6.08 Å². The molecule has 1 unspecified atom stereocenters. The van der Waals surface area contributed by atoms with E-state index in [4.69, 9.17) is 0 Å². The average molecular weight is 139 g/mol. The van der Waals surface area contributed by atoms with Gasteiger partial charge in [0.1, 0.15) is 0 Å². The normalized spacial score (nSPS) is 13.2. The molecule has 0 aromatic rings. The number of rotatable bonds is 5. The van der Waals surface area contributed by atoms with Gasteiger partial charge in [-0.25, -0.2) is 19.1 Å². The summed E-state index contributed by atoms with van der Waals surface area (Å²) in [4.78, 5) is 0. The lowest BCUT2D eigenvalue weighted by Gasteiger charge is -2.14. The molecule has 0 saturated carbocycles. The Bertz CT molecular complexity index is 82.0. The number of hydrogen-bond donors (Lipinski definition) is 0. The van der Waals surface area contributed by atoms with Gasteiger partial charge in [0.25, 0.3) is 0 Å². The van der Waals surface area contributed by atoms with Crippen LogP contribution in [0.3, 0.4) is 0 Å². The molecular formula is C10H19-. The first-order valence-electron chi connectivity index (χ1n) is 4.11. The minimum atomic E-state index is 0.818. The van der Waals surface area contributed by atoms with Crippen LogP contribution in [-0.4, -0.2) is 0 Å². The van der Waals surface area contributed by atoms with Crippen LogP contribution in [0.1, 0.15) is 33.6 Å². The summed E-state index contributed by atoms with van der Waals surface area (Å²) < 4.78 is 0. The van der Waals surface area contributed by atoms with Crippen molar-refractivity contribution in [2.24, 2.45) is 11.8 Å². The monoisotopic (exact) mass is 139 g/mol. The molecule has 0 aromatic carbocycles. The molecular weight excluding hydrogens is 120 g/mol. The second-order valence-electron chi connectivity index (χ2n) is 3.44. The summed E-state index contributed by atoms with van der Waals surface area (Å²) in [5.41, 5.74) is 0. The van der Waals surface area contributed by atoms with E-state index in [2.05, 4.69) is 33.8 Å². The van der Waals surface area contributed by atoms with Gasteiger partial charge >= 0.3 is 0 Å². The van der Waals surface area contributed by atoms with Crippen LogP contribution >= 0.6 is 0 Å². The standard InChI is InChI=1S/C10H19/c1-5-6-7-10(4)8-9(2)3/h5-6,9-10H,1,7-8H2,2-4H3/q-1. The van der Waals surface area contributed by atoms with Gasteiger partial charge in [0.2, 0.25) is 0 Å². The van der Waals surface area contributed by atoms with Crippen molar-refractivity contribution in [1.82, 2.24) is 0 Å². The maximum Gasteiger partial charge on any atom is -0.0469 e. The smallest absolute Gasteiger partial charge is 0.0469 e. The topological polar surface area (TPSA) is 0 Å². The summed E-state index contributed by atoms with van der Waals surface area (Å²) in [6, 6.07) is 0. The Hall–Kier alpha value is -0.390. The van der Waals surface area contributed by atoms with Crippen LogP contribution in [-0.2, 0) is 0 Å². The van der Waals surface area contributed by atoms with Crippen LogP contribution < -0.4 is 0 Å². The fourth-order valence-corrected chi connectivity index (χ4v) is 1.23. The predicted octanol–water partition coefficient (Wildman–Crippen LogP) is 3.45. The Balaban J connectivity index is 3.24. The van der Waals surface area contributed by atoms with Gasteiger partial charge in [0.15, 0.2) is 0 Å². The Labute approximate surface area is 65.3 Å². The summed E-state index contributed by atoms with van der Waals surface area (Å²) in [6.45, 7) is 10.5. The van der Waals surface area contributed by atoms with E-state index < -0.39 is 0 Å². The van der Waals surface area contributed by atoms with Gasteiger partial charge in [-0.2, -0.15) is 0 Å². The first kappa shape index (κ1) is 9.61. The van der Waals surface area contributed by atoms with Gasteiger partial charge in [-0.05, 0) is 12.3 Å². The van der Waals surface area contributed by atoms with Gasteiger partial charge in [-0.3, -0.25) is 0 Å². The van der Waals surface area contributed by atoms with Gasteiger partial charge in [-0.1, -0.05) is 33.1 Å². The van der Waals surface area contributed by atoms with E-state index in [-0.39, 0.29) is 0 Å². The van der Waals surface area contributed by atoms with Crippen molar-refractivity contribution in [3.05, 3.63) is 19.1 Å². The molecule has 0 spiro atoms. The van der Waals surface area contributed by atoms with E-state index >= 15 is 0 Å². The highest BCUT2D eigenvalue weighted by molar-refractivity contribution is 4.87. The van der Waals surface area contributed by atoms with Crippen LogP contribution in [0.5, 0.6) is 0 Å². The Morgan fingerprint density at radius 1 is 1.40 bits per heavy atom. The summed E-state index contributed by atoms with van der Waals surface area (Å²) in [6.07, 6.45) is 6.54. The molecule has 0 bridgehead atoms. The third kappa shape index (κ3) is 5.74. The van der Waals surface area contributed by atoms with Crippen LogP contribution in [0.15, 0.2) is 12.7 Å². The second kappa shape index (κ2) is 5.40. The molecule has 0 radical (unpaired) electrons. The molecule has 0 aliphatic carbocycles.